The van der Waals surface area contributed by atoms with Crippen LogP contribution < -0.4 is 4.74 Å². The van der Waals surface area contributed by atoms with Crippen molar-refractivity contribution in [3.8, 4) is 11.5 Å². The van der Waals surface area contributed by atoms with Crippen LogP contribution in [-0.2, 0) is 6.16 Å². The molecule has 1 N–H and O–H groups in total. The fraction of sp³-hybridized carbons (Fsp3) is 0.250. The normalized spacial score (nSPS) is 9.92. The third kappa shape index (κ3) is 1.90. The number of phenolic OH excluding ortho intramolecular Hbond substituents is 1. The fourth-order valence-electron chi connectivity index (χ4n) is 0.902. The number of halogens is 1. The molecule has 1 aromatic rings. The van der Waals surface area contributed by atoms with E-state index in [-0.39, 0.29) is 5.75 Å². The van der Waals surface area contributed by atoms with Gasteiger partial charge in [0.1, 0.15) is 11.5 Å². The Bertz CT molecular complexity index is 289. The molecule has 1 atom stereocenters. The highest BCUT2D eigenvalue weighted by Crippen LogP contribution is 2.33. The zero-order chi connectivity index (χ0) is 9.14. The van der Waals surface area contributed by atoms with Crippen LogP contribution >= 0.6 is 25.2 Å². The Morgan fingerprint density at radius 2 is 2.25 bits per heavy atom. The molecule has 0 heterocycles. The van der Waals surface area contributed by atoms with E-state index in [0.29, 0.717) is 10.6 Å². The molecule has 0 saturated carbocycles. The van der Waals surface area contributed by atoms with Gasteiger partial charge in [0.15, 0.2) is 0 Å². The first kappa shape index (κ1) is 9.82. The van der Waals surface area contributed by atoms with Crippen LogP contribution in [-0.4, -0.2) is 12.2 Å². The second kappa shape index (κ2) is 4.11. The summed E-state index contributed by atoms with van der Waals surface area (Å²) in [7, 11) is 4.16. The van der Waals surface area contributed by atoms with Gasteiger partial charge in [0.25, 0.3) is 0 Å². The predicted molar refractivity (Wildman–Crippen MR) is 55.8 cm³/mol. The van der Waals surface area contributed by atoms with Crippen LogP contribution in [0.25, 0.3) is 0 Å². The lowest BCUT2D eigenvalue weighted by atomic mass is 10.2. The zero-order valence-electron chi connectivity index (χ0n) is 6.67. The Balaban J connectivity index is 3.19. The summed E-state index contributed by atoms with van der Waals surface area (Å²) in [6, 6.07) is 3.55. The molecule has 0 aliphatic carbocycles. The maximum Gasteiger partial charge on any atom is 0.133 e. The van der Waals surface area contributed by atoms with E-state index in [1.165, 1.54) is 0 Å². The van der Waals surface area contributed by atoms with Crippen LogP contribution in [0.4, 0.5) is 0 Å². The highest BCUT2D eigenvalue weighted by molar-refractivity contribution is 9.10. The first-order valence-corrected chi connectivity index (χ1v) is 5.05. The quantitative estimate of drug-likeness (QED) is 0.816. The van der Waals surface area contributed by atoms with Crippen molar-refractivity contribution in [2.24, 2.45) is 0 Å². The number of rotatable bonds is 2. The van der Waals surface area contributed by atoms with Gasteiger partial charge in [0, 0.05) is 5.56 Å². The average molecular weight is 249 g/mol. The molecule has 66 valence electrons. The summed E-state index contributed by atoms with van der Waals surface area (Å²) in [6.45, 7) is 0. The molecule has 1 rings (SSSR count). The van der Waals surface area contributed by atoms with Crippen molar-refractivity contribution in [3.63, 3.8) is 0 Å². The van der Waals surface area contributed by atoms with Gasteiger partial charge < -0.3 is 9.84 Å². The molecule has 0 aliphatic rings. The average Bonchev–Trinajstić information content (AvgIpc) is 2.09. The molecule has 1 unspecified atom stereocenters. The van der Waals surface area contributed by atoms with Crippen LogP contribution in [0, 0.1) is 0 Å². The van der Waals surface area contributed by atoms with Crippen molar-refractivity contribution in [1.29, 1.82) is 0 Å². The van der Waals surface area contributed by atoms with Gasteiger partial charge in [-0.05, 0) is 34.2 Å². The molecule has 0 saturated heterocycles. The first-order chi connectivity index (χ1) is 5.69. The third-order valence-electron chi connectivity index (χ3n) is 1.57. The molecular weight excluding hydrogens is 239 g/mol. The highest BCUT2D eigenvalue weighted by atomic mass is 79.9. The molecule has 1 aromatic carbocycles. The molecule has 0 fully saturated rings. The summed E-state index contributed by atoms with van der Waals surface area (Å²) in [5, 5.41) is 9.50. The maximum atomic E-state index is 9.50. The lowest BCUT2D eigenvalue weighted by Crippen LogP contribution is -1.86. The van der Waals surface area contributed by atoms with Crippen molar-refractivity contribution >= 4 is 25.2 Å². The summed E-state index contributed by atoms with van der Waals surface area (Å²) in [6.07, 6.45) is 0.710. The first-order valence-electron chi connectivity index (χ1n) is 3.44. The van der Waals surface area contributed by atoms with E-state index in [4.69, 9.17) is 4.74 Å². The summed E-state index contributed by atoms with van der Waals surface area (Å²) < 4.78 is 5.71. The lowest BCUT2D eigenvalue weighted by Gasteiger charge is -2.06. The largest absolute Gasteiger partial charge is 0.506 e. The topological polar surface area (TPSA) is 29.5 Å². The maximum absolute atomic E-state index is 9.50. The van der Waals surface area contributed by atoms with E-state index in [9.17, 15) is 5.11 Å². The van der Waals surface area contributed by atoms with Gasteiger partial charge >= 0.3 is 0 Å². The van der Waals surface area contributed by atoms with Crippen molar-refractivity contribution in [2.75, 3.05) is 7.11 Å². The van der Waals surface area contributed by atoms with Crippen LogP contribution in [0.2, 0.25) is 0 Å². The standard InChI is InChI=1S/C8H10BrO2P/c1-11-6-2-5(4-12)8(10)7(9)3-6/h2-3,10H,4,12H2,1H3. The third-order valence-corrected chi connectivity index (χ3v) is 2.62. The van der Waals surface area contributed by atoms with E-state index in [1.54, 1.807) is 13.2 Å². The molecule has 0 radical (unpaired) electrons. The highest BCUT2D eigenvalue weighted by Gasteiger charge is 2.06. The molecule has 4 heteroatoms. The van der Waals surface area contributed by atoms with E-state index >= 15 is 0 Å². The summed E-state index contributed by atoms with van der Waals surface area (Å²) >= 11 is 3.24. The number of hydrogen-bond acceptors (Lipinski definition) is 2. The van der Waals surface area contributed by atoms with Crippen LogP contribution in [0.3, 0.4) is 0 Å². The Morgan fingerprint density at radius 1 is 1.58 bits per heavy atom. The second-order valence-electron chi connectivity index (χ2n) is 2.32. The zero-order valence-corrected chi connectivity index (χ0v) is 9.41. The van der Waals surface area contributed by atoms with Gasteiger partial charge in [-0.2, -0.15) is 0 Å². The summed E-state index contributed by atoms with van der Waals surface area (Å²) in [4.78, 5) is 0. The molecular formula is C8H10BrO2P. The Labute approximate surface area is 82.3 Å². The number of benzene rings is 1. The van der Waals surface area contributed by atoms with Gasteiger partial charge in [0.2, 0.25) is 0 Å². The van der Waals surface area contributed by atoms with E-state index in [2.05, 4.69) is 25.2 Å². The molecule has 0 spiro atoms. The van der Waals surface area contributed by atoms with Gasteiger partial charge in [-0.15, -0.1) is 9.24 Å². The van der Waals surface area contributed by atoms with Crippen LogP contribution in [0.15, 0.2) is 16.6 Å². The minimum absolute atomic E-state index is 0.283. The summed E-state index contributed by atoms with van der Waals surface area (Å²) in [5.74, 6) is 1.03. The molecule has 0 bridgehead atoms. The van der Waals surface area contributed by atoms with Gasteiger partial charge in [-0.3, -0.25) is 0 Å². The van der Waals surface area contributed by atoms with Gasteiger partial charge in [-0.25, -0.2) is 0 Å². The second-order valence-corrected chi connectivity index (χ2v) is 3.58. The van der Waals surface area contributed by atoms with Crippen molar-refractivity contribution in [3.05, 3.63) is 22.2 Å². The predicted octanol–water partition coefficient (Wildman–Crippen LogP) is 2.54. The van der Waals surface area contributed by atoms with E-state index in [1.807, 2.05) is 6.07 Å². The minimum atomic E-state index is 0.283. The number of ether oxygens (including phenoxy) is 1. The molecule has 0 aliphatic heterocycles. The number of hydrogen-bond donors (Lipinski definition) is 1. The van der Waals surface area contributed by atoms with Gasteiger partial charge in [0.05, 0.1) is 11.6 Å². The summed E-state index contributed by atoms with van der Waals surface area (Å²) in [5.41, 5.74) is 0.853. The molecule has 12 heavy (non-hydrogen) atoms. The monoisotopic (exact) mass is 248 g/mol. The van der Waals surface area contributed by atoms with E-state index < -0.39 is 0 Å². The van der Waals surface area contributed by atoms with Crippen molar-refractivity contribution < 1.29 is 9.84 Å². The van der Waals surface area contributed by atoms with E-state index in [0.717, 1.165) is 11.3 Å². The molecule has 0 aromatic heterocycles. The molecule has 0 amide bonds. The van der Waals surface area contributed by atoms with Crippen LogP contribution in [0.1, 0.15) is 5.56 Å². The van der Waals surface area contributed by atoms with Crippen molar-refractivity contribution in [2.45, 2.75) is 6.16 Å². The molecule has 2 nitrogen and oxygen atoms in total. The fourth-order valence-corrected chi connectivity index (χ4v) is 1.69. The smallest absolute Gasteiger partial charge is 0.133 e. The lowest BCUT2D eigenvalue weighted by molar-refractivity contribution is 0.410. The number of phenols is 1. The van der Waals surface area contributed by atoms with Gasteiger partial charge in [-0.1, -0.05) is 0 Å². The number of aromatic hydroxyl groups is 1. The SMILES string of the molecule is COc1cc(Br)c(O)c(CP)c1. The van der Waals surface area contributed by atoms with Crippen molar-refractivity contribution in [1.82, 2.24) is 0 Å². The Kier molecular flexibility index (Phi) is 3.36. The Morgan fingerprint density at radius 3 is 2.75 bits per heavy atom. The van der Waals surface area contributed by atoms with Crippen LogP contribution in [0.5, 0.6) is 11.5 Å². The number of methoxy groups -OCH3 is 1. The minimum Gasteiger partial charge on any atom is -0.506 e. The Hall–Kier alpha value is -0.270.